The first-order valence-electron chi connectivity index (χ1n) is 5.01. The van der Waals surface area contributed by atoms with Gasteiger partial charge in [-0.1, -0.05) is 19.8 Å². The van der Waals surface area contributed by atoms with Gasteiger partial charge in [0.2, 0.25) is 0 Å². The van der Waals surface area contributed by atoms with E-state index in [-0.39, 0.29) is 24.3 Å². The molecular formula is C10H18O3. The van der Waals surface area contributed by atoms with Crippen LogP contribution in [0.4, 0.5) is 0 Å². The van der Waals surface area contributed by atoms with Crippen molar-refractivity contribution in [2.24, 2.45) is 0 Å². The molecule has 13 heavy (non-hydrogen) atoms. The van der Waals surface area contributed by atoms with Crippen LogP contribution in [-0.2, 0) is 14.3 Å². The van der Waals surface area contributed by atoms with Gasteiger partial charge in [0.05, 0.1) is 12.2 Å². The van der Waals surface area contributed by atoms with Gasteiger partial charge in [-0.2, -0.15) is 0 Å². The van der Waals surface area contributed by atoms with Gasteiger partial charge in [-0.3, -0.25) is 0 Å². The highest BCUT2D eigenvalue weighted by atomic mass is 16.6. The van der Waals surface area contributed by atoms with Crippen molar-refractivity contribution in [3.8, 4) is 0 Å². The van der Waals surface area contributed by atoms with Crippen LogP contribution in [0, 0.1) is 0 Å². The largest absolute Gasteiger partial charge is 0.461 e. The zero-order valence-electron chi connectivity index (χ0n) is 8.58. The second-order valence-corrected chi connectivity index (χ2v) is 3.72. The first-order chi connectivity index (χ1) is 6.15. The van der Waals surface area contributed by atoms with Gasteiger partial charge in [-0.15, -0.1) is 0 Å². The predicted molar refractivity (Wildman–Crippen MR) is 49.4 cm³/mol. The summed E-state index contributed by atoms with van der Waals surface area (Å²) in [5.74, 6) is -0.198. The molecule has 0 bridgehead atoms. The monoisotopic (exact) mass is 186 g/mol. The van der Waals surface area contributed by atoms with Crippen LogP contribution in [0.1, 0.15) is 40.0 Å². The Kier molecular flexibility index (Phi) is 3.72. The van der Waals surface area contributed by atoms with Crippen LogP contribution in [0.15, 0.2) is 0 Å². The molecule has 3 heteroatoms. The zero-order chi connectivity index (χ0) is 9.84. The van der Waals surface area contributed by atoms with Crippen LogP contribution in [0.3, 0.4) is 0 Å². The standard InChI is InChI=1S/C10H18O3/c1-4-5-6-8-9(13-8)10(11)12-7(2)3/h7-9H,4-6H2,1-3H3/t8-,9+/m1/s1. The van der Waals surface area contributed by atoms with E-state index in [4.69, 9.17) is 9.47 Å². The van der Waals surface area contributed by atoms with Crippen molar-refractivity contribution in [3.05, 3.63) is 0 Å². The average molecular weight is 186 g/mol. The van der Waals surface area contributed by atoms with Gasteiger partial charge in [-0.25, -0.2) is 4.79 Å². The van der Waals surface area contributed by atoms with Gasteiger partial charge in [0.15, 0.2) is 6.10 Å². The third-order valence-corrected chi connectivity index (χ3v) is 2.01. The highest BCUT2D eigenvalue weighted by molar-refractivity contribution is 5.78. The summed E-state index contributed by atoms with van der Waals surface area (Å²) in [4.78, 5) is 11.2. The Balaban J connectivity index is 2.14. The van der Waals surface area contributed by atoms with Crippen LogP contribution in [-0.4, -0.2) is 24.3 Å². The van der Waals surface area contributed by atoms with Crippen molar-refractivity contribution in [2.75, 3.05) is 0 Å². The van der Waals surface area contributed by atoms with Gasteiger partial charge in [0.25, 0.3) is 0 Å². The average Bonchev–Trinajstić information content (AvgIpc) is 2.78. The van der Waals surface area contributed by atoms with Crippen LogP contribution < -0.4 is 0 Å². The Labute approximate surface area is 79.4 Å². The molecule has 1 rings (SSSR count). The fraction of sp³-hybridized carbons (Fsp3) is 0.900. The Hall–Kier alpha value is -0.570. The van der Waals surface area contributed by atoms with E-state index < -0.39 is 0 Å². The lowest BCUT2D eigenvalue weighted by Gasteiger charge is -2.04. The van der Waals surface area contributed by atoms with E-state index in [2.05, 4.69) is 6.92 Å². The number of rotatable bonds is 5. The lowest BCUT2D eigenvalue weighted by molar-refractivity contribution is -0.148. The van der Waals surface area contributed by atoms with Crippen molar-refractivity contribution in [3.63, 3.8) is 0 Å². The van der Waals surface area contributed by atoms with E-state index in [9.17, 15) is 4.79 Å². The Bertz CT molecular complexity index is 177. The maximum atomic E-state index is 11.2. The van der Waals surface area contributed by atoms with Gasteiger partial charge in [-0.05, 0) is 20.3 Å². The second kappa shape index (κ2) is 4.61. The van der Waals surface area contributed by atoms with Gasteiger partial charge >= 0.3 is 5.97 Å². The Morgan fingerprint density at radius 2 is 2.23 bits per heavy atom. The van der Waals surface area contributed by atoms with Crippen LogP contribution in [0.5, 0.6) is 0 Å². The summed E-state index contributed by atoms with van der Waals surface area (Å²) in [6.45, 7) is 5.83. The molecule has 0 radical (unpaired) electrons. The number of hydrogen-bond donors (Lipinski definition) is 0. The number of epoxide rings is 1. The number of ether oxygens (including phenoxy) is 2. The smallest absolute Gasteiger partial charge is 0.338 e. The Morgan fingerprint density at radius 1 is 1.54 bits per heavy atom. The molecule has 1 saturated heterocycles. The van der Waals surface area contributed by atoms with Crippen molar-refractivity contribution < 1.29 is 14.3 Å². The molecule has 0 unspecified atom stereocenters. The first kappa shape index (κ1) is 10.5. The summed E-state index contributed by atoms with van der Waals surface area (Å²) in [7, 11) is 0. The molecule has 1 fully saturated rings. The molecule has 3 nitrogen and oxygen atoms in total. The fourth-order valence-electron chi connectivity index (χ4n) is 1.27. The molecular weight excluding hydrogens is 168 g/mol. The van der Waals surface area contributed by atoms with Gasteiger partial charge in [0.1, 0.15) is 0 Å². The molecule has 1 aliphatic heterocycles. The third kappa shape index (κ3) is 3.35. The molecule has 1 aliphatic rings. The third-order valence-electron chi connectivity index (χ3n) is 2.01. The summed E-state index contributed by atoms with van der Waals surface area (Å²) >= 11 is 0. The van der Waals surface area contributed by atoms with E-state index in [1.165, 1.54) is 0 Å². The number of esters is 1. The first-order valence-corrected chi connectivity index (χ1v) is 5.01. The second-order valence-electron chi connectivity index (χ2n) is 3.72. The maximum Gasteiger partial charge on any atom is 0.338 e. The lowest BCUT2D eigenvalue weighted by atomic mass is 10.1. The van der Waals surface area contributed by atoms with E-state index in [0.29, 0.717) is 0 Å². The summed E-state index contributed by atoms with van der Waals surface area (Å²) in [5, 5.41) is 0. The number of carbonyl (C=O) groups excluding carboxylic acids is 1. The highest BCUT2D eigenvalue weighted by Crippen LogP contribution is 2.28. The van der Waals surface area contributed by atoms with E-state index >= 15 is 0 Å². The molecule has 0 aliphatic carbocycles. The van der Waals surface area contributed by atoms with Crippen molar-refractivity contribution in [2.45, 2.75) is 58.3 Å². The van der Waals surface area contributed by atoms with Gasteiger partial charge < -0.3 is 9.47 Å². The molecule has 0 saturated carbocycles. The molecule has 0 aromatic carbocycles. The molecule has 0 spiro atoms. The van der Waals surface area contributed by atoms with Crippen LogP contribution in [0.25, 0.3) is 0 Å². The molecule has 0 amide bonds. The lowest BCUT2D eigenvalue weighted by Crippen LogP contribution is -2.18. The van der Waals surface area contributed by atoms with E-state index in [0.717, 1.165) is 19.3 Å². The molecule has 1 heterocycles. The van der Waals surface area contributed by atoms with E-state index in [1.54, 1.807) is 0 Å². The number of carbonyl (C=O) groups is 1. The number of hydrogen-bond acceptors (Lipinski definition) is 3. The molecule has 76 valence electrons. The topological polar surface area (TPSA) is 38.8 Å². The summed E-state index contributed by atoms with van der Waals surface area (Å²) < 4.78 is 10.2. The zero-order valence-corrected chi connectivity index (χ0v) is 8.58. The van der Waals surface area contributed by atoms with Crippen molar-refractivity contribution >= 4 is 5.97 Å². The van der Waals surface area contributed by atoms with Crippen LogP contribution in [0.2, 0.25) is 0 Å². The quantitative estimate of drug-likeness (QED) is 0.486. The van der Waals surface area contributed by atoms with E-state index in [1.807, 2.05) is 13.8 Å². The minimum absolute atomic E-state index is 0.0384. The summed E-state index contributed by atoms with van der Waals surface area (Å²) in [5.41, 5.74) is 0. The molecule has 0 aromatic heterocycles. The maximum absolute atomic E-state index is 11.2. The normalized spacial score (nSPS) is 26.2. The highest BCUT2D eigenvalue weighted by Gasteiger charge is 2.45. The Morgan fingerprint density at radius 3 is 2.77 bits per heavy atom. The SMILES string of the molecule is CCCC[C@H]1O[C@@H]1C(=O)OC(C)C. The van der Waals surface area contributed by atoms with Crippen molar-refractivity contribution in [1.29, 1.82) is 0 Å². The minimum atomic E-state index is -0.269. The molecule has 0 aromatic rings. The minimum Gasteiger partial charge on any atom is -0.461 e. The molecule has 0 N–H and O–H groups in total. The van der Waals surface area contributed by atoms with Crippen molar-refractivity contribution in [1.82, 2.24) is 0 Å². The summed E-state index contributed by atoms with van der Waals surface area (Å²) in [6, 6.07) is 0. The molecule has 2 atom stereocenters. The number of unbranched alkanes of at least 4 members (excludes halogenated alkanes) is 1. The summed E-state index contributed by atoms with van der Waals surface area (Å²) in [6.07, 6.45) is 3.07. The predicted octanol–water partition coefficient (Wildman–Crippen LogP) is 1.90. The van der Waals surface area contributed by atoms with Gasteiger partial charge in [0, 0.05) is 0 Å². The van der Waals surface area contributed by atoms with Crippen LogP contribution >= 0.6 is 0 Å². The fourth-order valence-corrected chi connectivity index (χ4v) is 1.27.